The third kappa shape index (κ3) is 4.86. The van der Waals surface area contributed by atoms with Crippen molar-refractivity contribution in [3.63, 3.8) is 0 Å². The van der Waals surface area contributed by atoms with Gasteiger partial charge in [0.2, 0.25) is 0 Å². The van der Waals surface area contributed by atoms with Crippen LogP contribution in [0, 0.1) is 0 Å². The molecule has 0 bridgehead atoms. The van der Waals surface area contributed by atoms with Gasteiger partial charge in [-0.2, -0.15) is 13.2 Å². The predicted octanol–water partition coefficient (Wildman–Crippen LogP) is 1.42. The number of esters is 1. The van der Waals surface area contributed by atoms with Gasteiger partial charge in [-0.3, -0.25) is 0 Å². The normalized spacial score (nSPS) is 12.8. The van der Waals surface area contributed by atoms with E-state index in [0.717, 1.165) is 0 Å². The molecule has 82 valence electrons. The lowest BCUT2D eigenvalue weighted by molar-refractivity contribution is -0.138. The van der Waals surface area contributed by atoms with Crippen LogP contribution >= 0.6 is 0 Å². The number of hydrogen-bond acceptors (Lipinski definition) is 3. The Morgan fingerprint density at radius 1 is 1.50 bits per heavy atom. The highest BCUT2D eigenvalue weighted by atomic mass is 19.4. The molecule has 0 unspecified atom stereocenters. The quantitative estimate of drug-likeness (QED) is 0.566. The Labute approximate surface area is 79.2 Å². The van der Waals surface area contributed by atoms with E-state index in [1.807, 2.05) is 0 Å². The van der Waals surface area contributed by atoms with E-state index in [1.165, 1.54) is 6.92 Å². The largest absolute Gasteiger partial charge is 0.463 e. The molecule has 3 nitrogen and oxygen atoms in total. The molecule has 0 saturated heterocycles. The van der Waals surface area contributed by atoms with Crippen molar-refractivity contribution in [3.8, 4) is 0 Å². The van der Waals surface area contributed by atoms with E-state index in [4.69, 9.17) is 5.11 Å². The fraction of sp³-hybridized carbons (Fsp3) is 0.625. The molecular weight excluding hydrogens is 201 g/mol. The van der Waals surface area contributed by atoms with Crippen molar-refractivity contribution in [2.24, 2.45) is 0 Å². The Bertz CT molecular complexity index is 220. The third-order valence-electron chi connectivity index (χ3n) is 1.32. The van der Waals surface area contributed by atoms with Crippen LogP contribution < -0.4 is 0 Å². The molecule has 6 heteroatoms. The molecule has 0 aromatic rings. The second kappa shape index (κ2) is 5.64. The monoisotopic (exact) mass is 212 g/mol. The van der Waals surface area contributed by atoms with Gasteiger partial charge in [-0.05, 0) is 6.92 Å². The van der Waals surface area contributed by atoms with Crippen LogP contribution in [0.1, 0.15) is 13.3 Å². The van der Waals surface area contributed by atoms with Crippen molar-refractivity contribution in [2.45, 2.75) is 19.5 Å². The molecule has 0 atom stereocenters. The highest BCUT2D eigenvalue weighted by molar-refractivity contribution is 5.83. The lowest BCUT2D eigenvalue weighted by Crippen LogP contribution is -2.15. The summed E-state index contributed by atoms with van der Waals surface area (Å²) in [6, 6.07) is 0. The molecule has 0 heterocycles. The Balaban J connectivity index is 4.56. The van der Waals surface area contributed by atoms with Crippen molar-refractivity contribution in [1.82, 2.24) is 0 Å². The summed E-state index contributed by atoms with van der Waals surface area (Å²) in [5, 5.41) is 8.35. The molecule has 0 rings (SSSR count). The van der Waals surface area contributed by atoms with E-state index in [1.54, 1.807) is 0 Å². The number of carbonyl (C=O) groups is 1. The second-order valence-corrected chi connectivity index (χ2v) is 2.39. The number of ether oxygens (including phenoxy) is 1. The van der Waals surface area contributed by atoms with Crippen molar-refractivity contribution in [3.05, 3.63) is 11.6 Å². The number of alkyl halides is 3. The molecule has 0 aliphatic rings. The highest BCUT2D eigenvalue weighted by Gasteiger charge is 2.33. The Kier molecular flexibility index (Phi) is 5.22. The zero-order chi connectivity index (χ0) is 11.2. The molecular formula is C8H11F3O3. The fourth-order valence-electron chi connectivity index (χ4n) is 0.742. The molecule has 0 spiro atoms. The lowest BCUT2D eigenvalue weighted by atomic mass is 10.2. The van der Waals surface area contributed by atoms with Gasteiger partial charge in [-0.25, -0.2) is 4.79 Å². The number of halogens is 3. The molecule has 0 fully saturated rings. The van der Waals surface area contributed by atoms with Gasteiger partial charge in [0.25, 0.3) is 0 Å². The minimum absolute atomic E-state index is 0.0135. The maximum atomic E-state index is 12.1. The van der Waals surface area contributed by atoms with E-state index < -0.39 is 30.7 Å². The molecule has 0 radical (unpaired) electrons. The molecule has 0 aliphatic heterocycles. The van der Waals surface area contributed by atoms with Crippen molar-refractivity contribution in [2.75, 3.05) is 13.2 Å². The van der Waals surface area contributed by atoms with E-state index >= 15 is 0 Å². The number of aliphatic hydroxyl groups excluding tert-OH is 1. The summed E-state index contributed by atoms with van der Waals surface area (Å²) in [4.78, 5) is 10.7. The summed E-state index contributed by atoms with van der Waals surface area (Å²) < 4.78 is 40.7. The second-order valence-electron chi connectivity index (χ2n) is 2.39. The number of rotatable bonds is 4. The standard InChI is InChI=1S/C8H11F3O3/c1-2-14-7(13)5-6(3-4-12)8(9,10)11/h5,12H,2-4H2,1H3/b6-5-. The third-order valence-corrected chi connectivity index (χ3v) is 1.32. The molecule has 0 saturated carbocycles. The van der Waals surface area contributed by atoms with Crippen LogP contribution in [0.2, 0.25) is 0 Å². The van der Waals surface area contributed by atoms with Crippen LogP contribution in [0.15, 0.2) is 11.6 Å². The van der Waals surface area contributed by atoms with Gasteiger partial charge in [-0.1, -0.05) is 0 Å². The summed E-state index contributed by atoms with van der Waals surface area (Å²) in [6.45, 7) is 0.843. The van der Waals surface area contributed by atoms with Gasteiger partial charge in [0.05, 0.1) is 6.61 Å². The van der Waals surface area contributed by atoms with Crippen LogP contribution in [0.5, 0.6) is 0 Å². The van der Waals surface area contributed by atoms with Crippen molar-refractivity contribution in [1.29, 1.82) is 0 Å². The maximum Gasteiger partial charge on any atom is 0.413 e. The summed E-state index contributed by atoms with van der Waals surface area (Å²) in [7, 11) is 0. The number of carbonyl (C=O) groups excluding carboxylic acids is 1. The SMILES string of the molecule is CCOC(=O)/C=C(/CCO)C(F)(F)F. The van der Waals surface area contributed by atoms with Crippen molar-refractivity contribution < 1.29 is 27.8 Å². The van der Waals surface area contributed by atoms with Gasteiger partial charge in [-0.15, -0.1) is 0 Å². The van der Waals surface area contributed by atoms with Crippen LogP contribution in [0.25, 0.3) is 0 Å². The number of aliphatic hydroxyl groups is 1. The van der Waals surface area contributed by atoms with Gasteiger partial charge < -0.3 is 9.84 Å². The van der Waals surface area contributed by atoms with E-state index in [2.05, 4.69) is 4.74 Å². The Morgan fingerprint density at radius 3 is 2.43 bits per heavy atom. The minimum atomic E-state index is -4.60. The van der Waals surface area contributed by atoms with E-state index in [0.29, 0.717) is 6.08 Å². The molecule has 14 heavy (non-hydrogen) atoms. The Morgan fingerprint density at radius 2 is 2.07 bits per heavy atom. The van der Waals surface area contributed by atoms with Crippen LogP contribution in [0.3, 0.4) is 0 Å². The van der Waals surface area contributed by atoms with Gasteiger partial charge in [0.1, 0.15) is 0 Å². The van der Waals surface area contributed by atoms with Gasteiger partial charge in [0.15, 0.2) is 0 Å². The molecule has 1 N–H and O–H groups in total. The van der Waals surface area contributed by atoms with E-state index in [-0.39, 0.29) is 6.61 Å². The Hall–Kier alpha value is -1.04. The molecule has 0 aromatic carbocycles. The smallest absolute Gasteiger partial charge is 0.413 e. The van der Waals surface area contributed by atoms with Gasteiger partial charge >= 0.3 is 12.1 Å². The van der Waals surface area contributed by atoms with Gasteiger partial charge in [0, 0.05) is 24.7 Å². The summed E-state index contributed by atoms with van der Waals surface area (Å²) in [5.74, 6) is -1.05. The zero-order valence-corrected chi connectivity index (χ0v) is 7.60. The predicted molar refractivity (Wildman–Crippen MR) is 42.5 cm³/mol. The average molecular weight is 212 g/mol. The van der Waals surface area contributed by atoms with Crippen LogP contribution in [-0.2, 0) is 9.53 Å². The fourth-order valence-corrected chi connectivity index (χ4v) is 0.742. The minimum Gasteiger partial charge on any atom is -0.463 e. The maximum absolute atomic E-state index is 12.1. The molecule has 0 aromatic heterocycles. The molecule has 0 aliphatic carbocycles. The van der Waals surface area contributed by atoms with Crippen LogP contribution in [0.4, 0.5) is 13.2 Å². The molecule has 0 amide bonds. The summed E-state index contributed by atoms with van der Waals surface area (Å²) >= 11 is 0. The summed E-state index contributed by atoms with van der Waals surface area (Å²) in [6.07, 6.45) is -4.85. The van der Waals surface area contributed by atoms with Crippen molar-refractivity contribution >= 4 is 5.97 Å². The first-order chi connectivity index (χ1) is 6.41. The number of hydrogen-bond donors (Lipinski definition) is 1. The van der Waals surface area contributed by atoms with E-state index in [9.17, 15) is 18.0 Å². The topological polar surface area (TPSA) is 46.5 Å². The first kappa shape index (κ1) is 13.0. The van der Waals surface area contributed by atoms with Crippen LogP contribution in [-0.4, -0.2) is 30.5 Å². The highest BCUT2D eigenvalue weighted by Crippen LogP contribution is 2.27. The first-order valence-electron chi connectivity index (χ1n) is 3.97. The zero-order valence-electron chi connectivity index (χ0n) is 7.60. The first-order valence-corrected chi connectivity index (χ1v) is 3.97. The summed E-state index contributed by atoms with van der Waals surface area (Å²) in [5.41, 5.74) is -1.08. The average Bonchev–Trinajstić information content (AvgIpc) is 2.02. The lowest BCUT2D eigenvalue weighted by Gasteiger charge is -2.09.